The molecule has 2 heterocycles. The Kier molecular flexibility index (Phi) is 4.85. The number of halogens is 6. The van der Waals surface area contributed by atoms with Gasteiger partial charge in [-0.3, -0.25) is 0 Å². The summed E-state index contributed by atoms with van der Waals surface area (Å²) in [5, 5.41) is 4.35. The fourth-order valence-electron chi connectivity index (χ4n) is 3.74. The smallest absolute Gasteiger partial charge is 0.418 e. The van der Waals surface area contributed by atoms with Crippen molar-refractivity contribution in [3.8, 4) is 5.69 Å². The number of para-hydroxylation sites is 1. The average molecular weight is 413 g/mol. The van der Waals surface area contributed by atoms with Crippen molar-refractivity contribution in [1.82, 2.24) is 9.78 Å². The van der Waals surface area contributed by atoms with Crippen molar-refractivity contribution in [1.29, 1.82) is 0 Å². The summed E-state index contributed by atoms with van der Waals surface area (Å²) in [6, 6.07) is 12.0. The van der Waals surface area contributed by atoms with Gasteiger partial charge in [0.25, 0.3) is 0 Å². The molecule has 0 radical (unpaired) electrons. The van der Waals surface area contributed by atoms with Crippen LogP contribution in [0.2, 0.25) is 0 Å². The molecule has 1 unspecified atom stereocenters. The second kappa shape index (κ2) is 7.22. The van der Waals surface area contributed by atoms with Gasteiger partial charge in [0, 0.05) is 11.5 Å². The monoisotopic (exact) mass is 413 g/mol. The lowest BCUT2D eigenvalue weighted by atomic mass is 10.1. The van der Waals surface area contributed by atoms with Crippen LogP contribution in [0.15, 0.2) is 48.8 Å². The summed E-state index contributed by atoms with van der Waals surface area (Å²) in [6.45, 7) is 0.332. The first-order chi connectivity index (χ1) is 13.7. The molecule has 2 aromatic carbocycles. The number of rotatable bonds is 1. The number of aromatic nitrogens is 3. The Morgan fingerprint density at radius 3 is 2.34 bits per heavy atom. The number of nitrogens with zero attached hydrogens (tertiary/aromatic N) is 3. The number of hydrogen-bond acceptors (Lipinski definition) is 2. The number of fused-ring (bicyclic) bond motifs is 5. The van der Waals surface area contributed by atoms with Crippen LogP contribution < -0.4 is 4.57 Å². The third-order valence-electron chi connectivity index (χ3n) is 4.79. The summed E-state index contributed by atoms with van der Waals surface area (Å²) < 4.78 is 76.3. The van der Waals surface area contributed by atoms with Crippen molar-refractivity contribution in [2.24, 2.45) is 0 Å². The highest BCUT2D eigenvalue weighted by Gasteiger charge is 2.43. The van der Waals surface area contributed by atoms with E-state index < -0.39 is 18.9 Å². The molecule has 2 atom stereocenters. The first kappa shape index (κ1) is 19.5. The van der Waals surface area contributed by atoms with Gasteiger partial charge < -0.3 is 22.0 Å². The molecule has 0 spiro atoms. The van der Waals surface area contributed by atoms with Crippen LogP contribution in [0.3, 0.4) is 0 Å². The summed E-state index contributed by atoms with van der Waals surface area (Å²) in [5.74, 6) is -0.616. The third-order valence-corrected chi connectivity index (χ3v) is 4.79. The summed E-state index contributed by atoms with van der Waals surface area (Å²) in [7, 11) is -6.00. The predicted octanol–water partition coefficient (Wildman–Crippen LogP) is 3.78. The predicted molar refractivity (Wildman–Crippen MR) is 90.7 cm³/mol. The fourth-order valence-corrected chi connectivity index (χ4v) is 3.74. The van der Waals surface area contributed by atoms with Crippen LogP contribution in [-0.4, -0.2) is 23.1 Å². The Hall–Kier alpha value is -2.82. The van der Waals surface area contributed by atoms with Gasteiger partial charge >= 0.3 is 13.1 Å². The molecule has 1 aliphatic carbocycles. The van der Waals surface area contributed by atoms with Gasteiger partial charge in [-0.2, -0.15) is 0 Å². The van der Waals surface area contributed by atoms with Crippen LogP contribution in [-0.2, 0) is 17.8 Å². The van der Waals surface area contributed by atoms with Gasteiger partial charge in [-0.15, -0.1) is 0 Å². The molecule has 0 bridgehead atoms. The van der Waals surface area contributed by atoms with E-state index in [1.54, 1.807) is 6.33 Å². The molecule has 0 amide bonds. The van der Waals surface area contributed by atoms with Crippen molar-refractivity contribution in [3.63, 3.8) is 0 Å². The Bertz CT molecular complexity index is 1030. The second-order valence-electron chi connectivity index (χ2n) is 6.65. The van der Waals surface area contributed by atoms with Crippen LogP contribution in [0, 0.1) is 11.6 Å². The molecule has 0 fully saturated rings. The van der Waals surface area contributed by atoms with Crippen LogP contribution >= 0.6 is 0 Å². The van der Waals surface area contributed by atoms with E-state index >= 15 is 0 Å². The topological polar surface area (TPSA) is 30.9 Å². The summed E-state index contributed by atoms with van der Waals surface area (Å²) in [4.78, 5) is 0. The quantitative estimate of drug-likeness (QED) is 0.346. The molecule has 2 aliphatic rings. The maximum atomic E-state index is 14.1. The SMILES string of the molecule is F[B-](F)(F)F.Fc1cccc(F)c1-n1c[n+]2c(n1)CO[C@@H]1Cc3ccccc3C12. The lowest BCUT2D eigenvalue weighted by Gasteiger charge is -2.23. The highest BCUT2D eigenvalue weighted by atomic mass is 19.5. The Balaban J connectivity index is 0.000000369. The number of benzene rings is 2. The normalized spacial score (nSPS) is 19.7. The molecule has 0 saturated heterocycles. The molecule has 1 aromatic heterocycles. The Morgan fingerprint density at radius 1 is 1.00 bits per heavy atom. The van der Waals surface area contributed by atoms with Crippen LogP contribution in [0.25, 0.3) is 5.69 Å². The molecule has 29 heavy (non-hydrogen) atoms. The zero-order valence-corrected chi connectivity index (χ0v) is 14.8. The van der Waals surface area contributed by atoms with E-state index in [2.05, 4.69) is 17.2 Å². The minimum absolute atomic E-state index is 0.00599. The van der Waals surface area contributed by atoms with Crippen LogP contribution in [0.1, 0.15) is 23.0 Å². The first-order valence-electron chi connectivity index (χ1n) is 8.73. The van der Waals surface area contributed by atoms with Crippen molar-refractivity contribution >= 4 is 7.25 Å². The van der Waals surface area contributed by atoms with E-state index in [0.717, 1.165) is 6.42 Å². The maximum Gasteiger partial charge on any atom is 0.673 e. The lowest BCUT2D eigenvalue weighted by molar-refractivity contribution is -0.739. The minimum Gasteiger partial charge on any atom is -0.418 e. The molecule has 152 valence electrons. The van der Waals surface area contributed by atoms with Crippen molar-refractivity contribution in [2.75, 3.05) is 0 Å². The van der Waals surface area contributed by atoms with E-state index in [0.29, 0.717) is 12.4 Å². The average Bonchev–Trinajstić information content (AvgIpc) is 3.20. The molecule has 0 N–H and O–H groups in total. The van der Waals surface area contributed by atoms with Crippen LogP contribution in [0.4, 0.5) is 26.0 Å². The largest absolute Gasteiger partial charge is 0.673 e. The van der Waals surface area contributed by atoms with E-state index in [4.69, 9.17) is 4.74 Å². The highest BCUT2D eigenvalue weighted by Crippen LogP contribution is 2.35. The van der Waals surface area contributed by atoms with Gasteiger partial charge in [0.2, 0.25) is 12.0 Å². The van der Waals surface area contributed by atoms with Gasteiger partial charge in [0.05, 0.1) is 0 Å². The standard InChI is InChI=1S/C18H14F2N3O.BF4/c19-13-6-3-7-14(20)18(13)23-10-22-16(21-23)9-24-15-8-11-4-1-2-5-12(11)17(15)22;2-1(3,4)5/h1-7,10,15,17H,8-9H2;/q+1;-1/t15-,17?;/m1./s1. The van der Waals surface area contributed by atoms with Gasteiger partial charge in [0.1, 0.15) is 18.8 Å². The van der Waals surface area contributed by atoms with Crippen molar-refractivity contribution in [3.05, 3.63) is 77.4 Å². The minimum atomic E-state index is -6.00. The molecular weight excluding hydrogens is 399 g/mol. The maximum absolute atomic E-state index is 14.1. The zero-order chi connectivity index (χ0) is 20.8. The van der Waals surface area contributed by atoms with Gasteiger partial charge in [-0.25, -0.2) is 13.3 Å². The van der Waals surface area contributed by atoms with Crippen LogP contribution in [0.5, 0.6) is 0 Å². The summed E-state index contributed by atoms with van der Waals surface area (Å²) in [6.07, 6.45) is 2.54. The fraction of sp³-hybridized carbons (Fsp3) is 0.222. The van der Waals surface area contributed by atoms with Gasteiger partial charge in [-0.1, -0.05) is 35.0 Å². The Morgan fingerprint density at radius 2 is 1.66 bits per heavy atom. The number of ether oxygens (including phenoxy) is 1. The van der Waals surface area contributed by atoms with Gasteiger partial charge in [0.15, 0.2) is 11.6 Å². The molecule has 4 nitrogen and oxygen atoms in total. The zero-order valence-electron chi connectivity index (χ0n) is 14.8. The second-order valence-corrected chi connectivity index (χ2v) is 6.65. The molecule has 1 aliphatic heterocycles. The molecular formula is C18H14BF6N3O. The third kappa shape index (κ3) is 3.86. The van der Waals surface area contributed by atoms with E-state index in [-0.39, 0.29) is 17.8 Å². The Labute approximate surface area is 161 Å². The summed E-state index contributed by atoms with van der Waals surface area (Å²) in [5.41, 5.74) is 2.27. The van der Waals surface area contributed by atoms with E-state index in [1.807, 2.05) is 16.7 Å². The molecule has 3 aromatic rings. The number of hydrogen-bond donors (Lipinski definition) is 0. The van der Waals surface area contributed by atoms with E-state index in [9.17, 15) is 26.0 Å². The van der Waals surface area contributed by atoms with E-state index in [1.165, 1.54) is 34.0 Å². The highest BCUT2D eigenvalue weighted by molar-refractivity contribution is 6.50. The molecule has 11 heteroatoms. The van der Waals surface area contributed by atoms with Crippen molar-refractivity contribution in [2.45, 2.75) is 25.2 Å². The summed E-state index contributed by atoms with van der Waals surface area (Å²) >= 11 is 0. The molecule has 0 saturated carbocycles. The first-order valence-corrected chi connectivity index (χ1v) is 8.73. The molecule has 5 rings (SSSR count). The van der Waals surface area contributed by atoms with Crippen molar-refractivity contribution < 1.29 is 35.3 Å². The van der Waals surface area contributed by atoms with Gasteiger partial charge in [-0.05, 0) is 23.3 Å². The lowest BCUT2D eigenvalue weighted by Crippen LogP contribution is -2.51.